The van der Waals surface area contributed by atoms with Crippen LogP contribution in [0.5, 0.6) is 5.75 Å². The summed E-state index contributed by atoms with van der Waals surface area (Å²) in [6.07, 6.45) is 1.72. The Morgan fingerprint density at radius 1 is 1.35 bits per heavy atom. The zero-order valence-electron chi connectivity index (χ0n) is 14.1. The van der Waals surface area contributed by atoms with Gasteiger partial charge >= 0.3 is 11.7 Å². The van der Waals surface area contributed by atoms with Gasteiger partial charge < -0.3 is 30.0 Å². The van der Waals surface area contributed by atoms with E-state index in [9.17, 15) is 9.59 Å². The van der Waals surface area contributed by atoms with Crippen molar-refractivity contribution in [1.29, 1.82) is 0 Å². The molecule has 2 amide bonds. The molecule has 0 bridgehead atoms. The number of ether oxygens (including phenoxy) is 1. The topological polar surface area (TPSA) is 128 Å². The number of aromatic amines is 2. The maximum Gasteiger partial charge on any atom is 0.323 e. The van der Waals surface area contributed by atoms with Crippen LogP contribution in [-0.4, -0.2) is 49.5 Å². The molecule has 10 nitrogen and oxygen atoms in total. The molecule has 0 saturated carbocycles. The summed E-state index contributed by atoms with van der Waals surface area (Å²) in [6.45, 7) is 1.24. The Kier molecular flexibility index (Phi) is 3.88. The summed E-state index contributed by atoms with van der Waals surface area (Å²) < 4.78 is 7.02. The second-order valence-corrected chi connectivity index (χ2v) is 6.03. The van der Waals surface area contributed by atoms with Gasteiger partial charge in [-0.05, 0) is 6.07 Å². The molecule has 1 aliphatic heterocycles. The Labute approximate surface area is 147 Å². The number of aliphatic hydroxyl groups excluding tert-OH is 1. The van der Waals surface area contributed by atoms with Gasteiger partial charge in [-0.1, -0.05) is 0 Å². The first kappa shape index (κ1) is 16.2. The predicted octanol–water partition coefficient (Wildman–Crippen LogP) is 0.601. The molecule has 3 heterocycles. The van der Waals surface area contributed by atoms with Crippen molar-refractivity contribution >= 4 is 22.8 Å². The van der Waals surface area contributed by atoms with Gasteiger partial charge in [0.2, 0.25) is 0 Å². The molecule has 0 fully saturated rings. The van der Waals surface area contributed by atoms with Gasteiger partial charge in [-0.25, -0.2) is 9.59 Å². The van der Waals surface area contributed by atoms with Crippen molar-refractivity contribution in [2.75, 3.05) is 19.0 Å². The number of carbonyl (C=O) groups excluding carboxylic acids is 1. The summed E-state index contributed by atoms with van der Waals surface area (Å²) in [6, 6.07) is 3.02. The summed E-state index contributed by atoms with van der Waals surface area (Å²) in [5.41, 5.74) is 3.21. The summed E-state index contributed by atoms with van der Waals surface area (Å²) in [7, 11) is 1.50. The smallest absolute Gasteiger partial charge is 0.323 e. The number of hydrogen-bond donors (Lipinski definition) is 4. The number of rotatable bonds is 4. The molecule has 0 radical (unpaired) electrons. The molecule has 1 aromatic carbocycles. The van der Waals surface area contributed by atoms with E-state index >= 15 is 0 Å². The quantitative estimate of drug-likeness (QED) is 0.543. The molecule has 1 aliphatic rings. The second-order valence-electron chi connectivity index (χ2n) is 6.03. The van der Waals surface area contributed by atoms with Gasteiger partial charge in [0.05, 0.1) is 62.0 Å². The first-order valence-electron chi connectivity index (χ1n) is 8.09. The Morgan fingerprint density at radius 2 is 2.12 bits per heavy atom. The van der Waals surface area contributed by atoms with Crippen LogP contribution in [0, 0.1) is 0 Å². The van der Waals surface area contributed by atoms with Crippen LogP contribution in [0.3, 0.4) is 0 Å². The van der Waals surface area contributed by atoms with E-state index in [1.54, 1.807) is 27.9 Å². The summed E-state index contributed by atoms with van der Waals surface area (Å²) in [5, 5.41) is 16.1. The van der Waals surface area contributed by atoms with Crippen LogP contribution < -0.4 is 15.7 Å². The van der Waals surface area contributed by atoms with E-state index in [2.05, 4.69) is 20.4 Å². The van der Waals surface area contributed by atoms with Crippen LogP contribution in [0.25, 0.3) is 11.0 Å². The fourth-order valence-electron chi connectivity index (χ4n) is 3.16. The molecule has 2 aromatic heterocycles. The number of anilines is 1. The molecule has 4 N–H and O–H groups in total. The molecule has 0 spiro atoms. The van der Waals surface area contributed by atoms with Crippen molar-refractivity contribution in [3.05, 3.63) is 40.1 Å². The van der Waals surface area contributed by atoms with Crippen molar-refractivity contribution < 1.29 is 14.6 Å². The number of aliphatic hydroxyl groups is 1. The number of benzene rings is 1. The van der Waals surface area contributed by atoms with E-state index in [0.717, 1.165) is 11.3 Å². The number of H-pyrrole nitrogens is 2. The maximum atomic E-state index is 12.7. The van der Waals surface area contributed by atoms with Crippen LogP contribution in [0.1, 0.15) is 11.3 Å². The standard InChI is InChI=1S/C16H18N6O4/c1-26-14-5-11-10(18-15(24)19-11)4-12(14)20-16(25)21-7-9-6-17-22(2-3-23)13(9)8-21/h4-6,23H,2-3,7-8H2,1H3,(H,20,25)(H2,18,19,24). The van der Waals surface area contributed by atoms with Crippen LogP contribution in [-0.2, 0) is 19.6 Å². The normalized spacial score (nSPS) is 13.2. The number of imidazole rings is 1. The van der Waals surface area contributed by atoms with E-state index in [0.29, 0.717) is 42.1 Å². The lowest BCUT2D eigenvalue weighted by atomic mass is 10.2. The lowest BCUT2D eigenvalue weighted by Crippen LogP contribution is -2.31. The summed E-state index contributed by atoms with van der Waals surface area (Å²) in [5.74, 6) is 0.448. The van der Waals surface area contributed by atoms with Gasteiger partial charge in [-0.3, -0.25) is 4.68 Å². The van der Waals surface area contributed by atoms with Crippen LogP contribution in [0.15, 0.2) is 23.1 Å². The number of hydrogen-bond acceptors (Lipinski definition) is 5. The average molecular weight is 358 g/mol. The lowest BCUT2D eigenvalue weighted by Gasteiger charge is -2.18. The van der Waals surface area contributed by atoms with E-state index in [1.807, 2.05) is 0 Å². The van der Waals surface area contributed by atoms with E-state index in [1.165, 1.54) is 7.11 Å². The highest BCUT2D eigenvalue weighted by molar-refractivity contribution is 5.94. The largest absolute Gasteiger partial charge is 0.494 e. The zero-order chi connectivity index (χ0) is 18.3. The van der Waals surface area contributed by atoms with Gasteiger partial charge in [-0.15, -0.1) is 0 Å². The molecule has 26 heavy (non-hydrogen) atoms. The monoisotopic (exact) mass is 358 g/mol. The number of amides is 2. The minimum atomic E-state index is -0.325. The van der Waals surface area contributed by atoms with E-state index in [4.69, 9.17) is 9.84 Å². The molecule has 4 rings (SSSR count). The first-order chi connectivity index (χ1) is 12.6. The number of methoxy groups -OCH3 is 1. The van der Waals surface area contributed by atoms with Gasteiger partial charge in [0.15, 0.2) is 0 Å². The third-order valence-corrected chi connectivity index (χ3v) is 4.41. The molecular weight excluding hydrogens is 340 g/mol. The van der Waals surface area contributed by atoms with Crippen LogP contribution >= 0.6 is 0 Å². The Balaban J connectivity index is 1.55. The minimum absolute atomic E-state index is 0.00754. The van der Waals surface area contributed by atoms with Crippen molar-refractivity contribution in [2.24, 2.45) is 0 Å². The predicted molar refractivity (Wildman–Crippen MR) is 93.0 cm³/mol. The molecule has 136 valence electrons. The van der Waals surface area contributed by atoms with Gasteiger partial charge in [-0.2, -0.15) is 5.10 Å². The first-order valence-corrected chi connectivity index (χ1v) is 8.09. The number of carbonyl (C=O) groups is 1. The summed E-state index contributed by atoms with van der Waals surface area (Å²) >= 11 is 0. The van der Waals surface area contributed by atoms with Crippen molar-refractivity contribution in [3.8, 4) is 5.75 Å². The van der Waals surface area contributed by atoms with E-state index in [-0.39, 0.29) is 18.3 Å². The highest BCUT2D eigenvalue weighted by atomic mass is 16.5. The van der Waals surface area contributed by atoms with Crippen molar-refractivity contribution in [1.82, 2.24) is 24.6 Å². The lowest BCUT2D eigenvalue weighted by molar-refractivity contribution is 0.210. The SMILES string of the molecule is COc1cc2[nH]c(=O)[nH]c2cc1NC(=O)N1Cc2cnn(CCO)c2C1. The van der Waals surface area contributed by atoms with Gasteiger partial charge in [0, 0.05) is 11.6 Å². The Hall–Kier alpha value is -3.27. The molecule has 3 aromatic rings. The number of urea groups is 1. The third-order valence-electron chi connectivity index (χ3n) is 4.41. The number of nitrogens with zero attached hydrogens (tertiary/aromatic N) is 3. The number of fused-ring (bicyclic) bond motifs is 2. The average Bonchev–Trinajstić information content (AvgIpc) is 3.28. The van der Waals surface area contributed by atoms with Gasteiger partial charge in [0.1, 0.15) is 5.75 Å². The molecule has 0 aliphatic carbocycles. The number of aromatic nitrogens is 4. The third kappa shape index (κ3) is 2.69. The fraction of sp³-hybridized carbons (Fsp3) is 0.312. The fourth-order valence-corrected chi connectivity index (χ4v) is 3.16. The molecule has 10 heteroatoms. The van der Waals surface area contributed by atoms with E-state index < -0.39 is 0 Å². The number of nitrogens with one attached hydrogen (secondary N) is 3. The Morgan fingerprint density at radius 3 is 2.85 bits per heavy atom. The maximum absolute atomic E-state index is 12.7. The van der Waals surface area contributed by atoms with Crippen molar-refractivity contribution in [3.63, 3.8) is 0 Å². The van der Waals surface area contributed by atoms with Crippen LogP contribution in [0.4, 0.5) is 10.5 Å². The van der Waals surface area contributed by atoms with Gasteiger partial charge in [0.25, 0.3) is 0 Å². The zero-order valence-corrected chi connectivity index (χ0v) is 14.1. The summed E-state index contributed by atoms with van der Waals surface area (Å²) in [4.78, 5) is 31.1. The molecule has 0 atom stereocenters. The Bertz CT molecular complexity index is 1030. The molecule has 0 unspecified atom stereocenters. The minimum Gasteiger partial charge on any atom is -0.494 e. The highest BCUT2D eigenvalue weighted by Gasteiger charge is 2.27. The van der Waals surface area contributed by atoms with Crippen molar-refractivity contribution in [2.45, 2.75) is 19.6 Å². The second kappa shape index (κ2) is 6.23. The van der Waals surface area contributed by atoms with Crippen LogP contribution in [0.2, 0.25) is 0 Å². The molecule has 0 saturated heterocycles. The molecular formula is C16H18N6O4. The highest BCUT2D eigenvalue weighted by Crippen LogP contribution is 2.30.